The zero-order chi connectivity index (χ0) is 14.0. The molecule has 9 nitrogen and oxygen atoms in total. The molecule has 2 aromatic heterocycles. The lowest BCUT2D eigenvalue weighted by Gasteiger charge is -2.21. The molecule has 2 heterocycles. The maximum Gasteiger partial charge on any atom is 0.278 e. The molecule has 0 fully saturated rings. The Hall–Kier alpha value is -1.81. The molecule has 3 atom stereocenters. The van der Waals surface area contributed by atoms with Crippen LogP contribution in [0.2, 0.25) is 0 Å². The van der Waals surface area contributed by atoms with Crippen molar-refractivity contribution in [3.8, 4) is 0 Å². The number of fused-ring (bicyclic) bond motifs is 1. The Balaban J connectivity index is 2.22. The van der Waals surface area contributed by atoms with Gasteiger partial charge >= 0.3 is 0 Å². The highest BCUT2D eigenvalue weighted by Gasteiger charge is 2.25. The lowest BCUT2D eigenvalue weighted by atomic mass is 10.1. The highest BCUT2D eigenvalue weighted by molar-refractivity contribution is 5.68. The molecule has 0 bridgehead atoms. The van der Waals surface area contributed by atoms with E-state index in [2.05, 4.69) is 15.0 Å². The summed E-state index contributed by atoms with van der Waals surface area (Å²) < 4.78 is 1.38. The summed E-state index contributed by atoms with van der Waals surface area (Å²) in [7, 11) is 0. The Morgan fingerprint density at radius 3 is 2.68 bits per heavy atom. The van der Waals surface area contributed by atoms with Crippen LogP contribution < -0.4 is 5.56 Å². The van der Waals surface area contributed by atoms with Crippen molar-refractivity contribution in [1.29, 1.82) is 0 Å². The van der Waals surface area contributed by atoms with Crippen LogP contribution in [0.15, 0.2) is 17.4 Å². The summed E-state index contributed by atoms with van der Waals surface area (Å²) in [6.45, 7) is -0.786. The zero-order valence-corrected chi connectivity index (χ0v) is 9.84. The normalized spacial score (nSPS) is 16.4. The first-order valence-corrected chi connectivity index (χ1v) is 5.58. The number of rotatable bonds is 5. The Kier molecular flexibility index (Phi) is 3.90. The van der Waals surface area contributed by atoms with Crippen molar-refractivity contribution in [2.75, 3.05) is 6.61 Å². The van der Waals surface area contributed by atoms with E-state index in [0.717, 1.165) is 0 Å². The monoisotopic (exact) mass is 270 g/mol. The Morgan fingerprint density at radius 2 is 2.00 bits per heavy atom. The average molecular weight is 270 g/mol. The predicted octanol–water partition coefficient (Wildman–Crippen LogP) is -2.81. The van der Waals surface area contributed by atoms with Gasteiger partial charge in [0.1, 0.15) is 18.3 Å². The number of nitrogens with zero attached hydrogens (tertiary/aromatic N) is 3. The number of imidazole rings is 1. The van der Waals surface area contributed by atoms with Crippen molar-refractivity contribution in [1.82, 2.24) is 19.5 Å². The topological polar surface area (TPSA) is 144 Å². The molecular formula is C10H14N4O5. The van der Waals surface area contributed by atoms with E-state index in [1.807, 2.05) is 0 Å². The fourth-order valence-electron chi connectivity index (χ4n) is 1.70. The lowest BCUT2D eigenvalue weighted by Crippen LogP contribution is -2.41. The number of nitrogens with one attached hydrogen (secondary N) is 1. The van der Waals surface area contributed by atoms with Gasteiger partial charge in [0.05, 0.1) is 25.8 Å². The third kappa shape index (κ3) is 2.63. The van der Waals surface area contributed by atoms with Gasteiger partial charge in [0, 0.05) is 0 Å². The molecule has 5 N–H and O–H groups in total. The van der Waals surface area contributed by atoms with E-state index in [-0.39, 0.29) is 17.7 Å². The molecule has 0 radical (unpaired) electrons. The van der Waals surface area contributed by atoms with Crippen molar-refractivity contribution >= 4 is 11.2 Å². The Morgan fingerprint density at radius 1 is 1.26 bits per heavy atom. The second kappa shape index (κ2) is 5.45. The number of aliphatic hydroxyl groups excluding tert-OH is 4. The van der Waals surface area contributed by atoms with Gasteiger partial charge < -0.3 is 30.0 Å². The van der Waals surface area contributed by atoms with Crippen LogP contribution in [0.3, 0.4) is 0 Å². The van der Waals surface area contributed by atoms with Crippen LogP contribution in [0.1, 0.15) is 0 Å². The van der Waals surface area contributed by atoms with Gasteiger partial charge in [-0.25, -0.2) is 9.97 Å². The third-order valence-corrected chi connectivity index (χ3v) is 2.77. The first kappa shape index (κ1) is 13.6. The third-order valence-electron chi connectivity index (χ3n) is 2.77. The predicted molar refractivity (Wildman–Crippen MR) is 63.3 cm³/mol. The standard InChI is InChI=1S/C10H14N4O5/c15-2-6(17)8(18)5(16)1-14-4-13-7-9(14)11-3-12-10(7)19/h3-6,8,15-18H,1-2H2,(H,11,12,19)/t5-,6+,8-/m0/s1. The maximum absolute atomic E-state index is 11.4. The second-order valence-corrected chi connectivity index (χ2v) is 4.11. The fraction of sp³-hybridized carbons (Fsp3) is 0.500. The highest BCUT2D eigenvalue weighted by atomic mass is 16.4. The molecule has 0 aliphatic rings. The Labute approximate surface area is 106 Å². The Bertz CT molecular complexity index is 609. The van der Waals surface area contributed by atoms with E-state index in [4.69, 9.17) is 5.11 Å². The highest BCUT2D eigenvalue weighted by Crippen LogP contribution is 2.08. The molecule has 9 heteroatoms. The van der Waals surface area contributed by atoms with Gasteiger partial charge in [0.15, 0.2) is 11.2 Å². The number of aliphatic hydroxyl groups is 4. The van der Waals surface area contributed by atoms with Gasteiger partial charge in [0.25, 0.3) is 5.56 Å². The maximum atomic E-state index is 11.4. The number of aromatic amines is 1. The van der Waals surface area contributed by atoms with Crippen molar-refractivity contribution in [2.45, 2.75) is 24.9 Å². The van der Waals surface area contributed by atoms with Crippen LogP contribution in [0.4, 0.5) is 0 Å². The van der Waals surface area contributed by atoms with Gasteiger partial charge in [-0.1, -0.05) is 0 Å². The molecule has 0 aromatic carbocycles. The summed E-state index contributed by atoms with van der Waals surface area (Å²) in [5.41, 5.74) is -0.0328. The van der Waals surface area contributed by atoms with E-state index in [0.29, 0.717) is 0 Å². The van der Waals surface area contributed by atoms with Crippen LogP contribution in [0.5, 0.6) is 0 Å². The van der Waals surface area contributed by atoms with Gasteiger partial charge in [-0.3, -0.25) is 4.79 Å². The summed E-state index contributed by atoms with van der Waals surface area (Å²) in [6.07, 6.45) is -1.78. The minimum absolute atomic E-state index is 0.117. The van der Waals surface area contributed by atoms with E-state index >= 15 is 0 Å². The van der Waals surface area contributed by atoms with E-state index in [9.17, 15) is 20.1 Å². The van der Waals surface area contributed by atoms with Gasteiger partial charge in [-0.2, -0.15) is 0 Å². The molecule has 2 rings (SSSR count). The number of H-pyrrole nitrogens is 1. The molecule has 0 aliphatic heterocycles. The summed E-state index contributed by atoms with van der Waals surface area (Å²) in [4.78, 5) is 21.5. The summed E-state index contributed by atoms with van der Waals surface area (Å²) in [6, 6.07) is 0. The molecule has 0 unspecified atom stereocenters. The van der Waals surface area contributed by atoms with E-state index in [1.165, 1.54) is 17.2 Å². The molecule has 104 valence electrons. The SMILES string of the molecule is O=c1[nH]cnc2c1ncn2C[C@H](O)[C@H](O)[C@H](O)CO. The smallest absolute Gasteiger partial charge is 0.278 e. The lowest BCUT2D eigenvalue weighted by molar-refractivity contribution is -0.0803. The zero-order valence-electron chi connectivity index (χ0n) is 9.84. The molecule has 0 aliphatic carbocycles. The molecule has 19 heavy (non-hydrogen) atoms. The van der Waals surface area contributed by atoms with Crippen LogP contribution in [0, 0.1) is 0 Å². The first-order valence-electron chi connectivity index (χ1n) is 5.58. The van der Waals surface area contributed by atoms with Crippen molar-refractivity contribution in [3.63, 3.8) is 0 Å². The molecule has 0 saturated heterocycles. The minimum Gasteiger partial charge on any atom is -0.394 e. The van der Waals surface area contributed by atoms with Gasteiger partial charge in [-0.15, -0.1) is 0 Å². The molecular weight excluding hydrogens is 256 g/mol. The number of hydrogen-bond donors (Lipinski definition) is 5. The van der Waals surface area contributed by atoms with E-state index in [1.54, 1.807) is 0 Å². The molecule has 0 amide bonds. The van der Waals surface area contributed by atoms with Crippen LogP contribution >= 0.6 is 0 Å². The average Bonchev–Trinajstić information content (AvgIpc) is 2.81. The van der Waals surface area contributed by atoms with Crippen LogP contribution in [-0.4, -0.2) is 64.9 Å². The molecule has 0 spiro atoms. The van der Waals surface area contributed by atoms with Crippen molar-refractivity contribution in [3.05, 3.63) is 23.0 Å². The minimum atomic E-state index is -1.51. The molecule has 0 saturated carbocycles. The summed E-state index contributed by atoms with van der Waals surface area (Å²) >= 11 is 0. The van der Waals surface area contributed by atoms with Gasteiger partial charge in [0.2, 0.25) is 0 Å². The van der Waals surface area contributed by atoms with Crippen molar-refractivity contribution < 1.29 is 20.4 Å². The summed E-state index contributed by atoms with van der Waals surface area (Å²) in [5.74, 6) is 0. The van der Waals surface area contributed by atoms with Crippen LogP contribution in [-0.2, 0) is 6.54 Å². The first-order chi connectivity index (χ1) is 9.04. The second-order valence-electron chi connectivity index (χ2n) is 4.11. The van der Waals surface area contributed by atoms with E-state index < -0.39 is 30.5 Å². The largest absolute Gasteiger partial charge is 0.394 e. The molecule has 2 aromatic rings. The van der Waals surface area contributed by atoms with Crippen LogP contribution in [0.25, 0.3) is 11.2 Å². The van der Waals surface area contributed by atoms with Gasteiger partial charge in [-0.05, 0) is 0 Å². The summed E-state index contributed by atoms with van der Waals surface area (Å²) in [5, 5.41) is 37.2. The quantitative estimate of drug-likeness (QED) is 0.394. The number of hydrogen-bond acceptors (Lipinski definition) is 7. The fourth-order valence-corrected chi connectivity index (χ4v) is 1.70. The van der Waals surface area contributed by atoms with Crippen molar-refractivity contribution in [2.24, 2.45) is 0 Å². The number of aromatic nitrogens is 4.